The van der Waals surface area contributed by atoms with Gasteiger partial charge in [0.1, 0.15) is 5.60 Å². The van der Waals surface area contributed by atoms with Crippen LogP contribution in [0.15, 0.2) is 18.5 Å². The summed E-state index contributed by atoms with van der Waals surface area (Å²) in [5, 5.41) is 11.4. The third-order valence-electron chi connectivity index (χ3n) is 1.96. The van der Waals surface area contributed by atoms with E-state index < -0.39 is 17.7 Å². The van der Waals surface area contributed by atoms with Crippen LogP contribution in [0.3, 0.4) is 0 Å². The first-order valence-electron chi connectivity index (χ1n) is 5.42. The summed E-state index contributed by atoms with van der Waals surface area (Å²) in [5.74, 6) is -1.06. The molecular weight excluding hydrogens is 236 g/mol. The summed E-state index contributed by atoms with van der Waals surface area (Å²) in [5.41, 5.74) is -0.0498. The Bertz CT molecular complexity index is 452. The Balaban J connectivity index is 2.64. The average molecular weight is 252 g/mol. The Morgan fingerprint density at radius 3 is 2.67 bits per heavy atom. The highest BCUT2D eigenvalue weighted by atomic mass is 16.6. The minimum absolute atomic E-state index is 0.0599. The summed E-state index contributed by atoms with van der Waals surface area (Å²) in [6.45, 7) is 5.31. The van der Waals surface area contributed by atoms with Gasteiger partial charge in [-0.3, -0.25) is 4.98 Å². The van der Waals surface area contributed by atoms with Crippen molar-refractivity contribution in [1.29, 1.82) is 0 Å². The minimum atomic E-state index is -1.06. The Hall–Kier alpha value is -2.11. The minimum Gasteiger partial charge on any atom is -0.478 e. The second-order valence-corrected chi connectivity index (χ2v) is 4.69. The number of carboxylic acids is 1. The summed E-state index contributed by atoms with van der Waals surface area (Å²) in [7, 11) is 0. The van der Waals surface area contributed by atoms with Crippen LogP contribution in [-0.2, 0) is 11.3 Å². The molecule has 98 valence electrons. The van der Waals surface area contributed by atoms with Crippen molar-refractivity contribution in [2.45, 2.75) is 32.9 Å². The lowest BCUT2D eigenvalue weighted by molar-refractivity contribution is 0.0520. The quantitative estimate of drug-likeness (QED) is 0.856. The molecule has 6 heteroatoms. The van der Waals surface area contributed by atoms with Crippen LogP contribution in [-0.4, -0.2) is 27.8 Å². The fourth-order valence-corrected chi connectivity index (χ4v) is 1.26. The number of hydrogen-bond donors (Lipinski definition) is 2. The molecule has 0 atom stereocenters. The van der Waals surface area contributed by atoms with Crippen molar-refractivity contribution in [3.05, 3.63) is 29.6 Å². The third kappa shape index (κ3) is 4.40. The molecule has 0 aromatic carbocycles. The van der Waals surface area contributed by atoms with Gasteiger partial charge in [-0.05, 0) is 26.8 Å². The summed E-state index contributed by atoms with van der Waals surface area (Å²) >= 11 is 0. The van der Waals surface area contributed by atoms with Crippen molar-refractivity contribution in [1.82, 2.24) is 10.3 Å². The van der Waals surface area contributed by atoms with Gasteiger partial charge in [0.05, 0.1) is 5.56 Å². The van der Waals surface area contributed by atoms with E-state index in [-0.39, 0.29) is 12.1 Å². The summed E-state index contributed by atoms with van der Waals surface area (Å²) in [6.07, 6.45) is 2.20. The molecule has 2 N–H and O–H groups in total. The van der Waals surface area contributed by atoms with Gasteiger partial charge in [0.25, 0.3) is 0 Å². The molecule has 18 heavy (non-hydrogen) atoms. The summed E-state index contributed by atoms with van der Waals surface area (Å²) in [6, 6.07) is 1.38. The maximum atomic E-state index is 11.4. The molecule has 0 saturated carbocycles. The first-order chi connectivity index (χ1) is 8.29. The lowest BCUT2D eigenvalue weighted by Gasteiger charge is -2.19. The highest BCUT2D eigenvalue weighted by molar-refractivity contribution is 5.89. The molecule has 0 aliphatic heterocycles. The predicted octanol–water partition coefficient (Wildman–Crippen LogP) is 1.80. The van der Waals surface area contributed by atoms with Crippen LogP contribution in [0.2, 0.25) is 0 Å². The monoisotopic (exact) mass is 252 g/mol. The summed E-state index contributed by atoms with van der Waals surface area (Å²) < 4.78 is 5.04. The molecule has 0 fully saturated rings. The average Bonchev–Trinajstić information content (AvgIpc) is 2.24. The zero-order valence-electron chi connectivity index (χ0n) is 10.6. The molecule has 6 nitrogen and oxygen atoms in total. The smallest absolute Gasteiger partial charge is 0.407 e. The molecule has 1 aromatic rings. The number of carboxylic acid groups (broad SMARTS) is 1. The number of carbonyl (C=O) groups is 2. The molecule has 0 aliphatic rings. The number of aromatic nitrogens is 1. The zero-order valence-corrected chi connectivity index (χ0v) is 10.6. The topological polar surface area (TPSA) is 88.5 Å². The van der Waals surface area contributed by atoms with E-state index in [2.05, 4.69) is 10.3 Å². The molecule has 0 spiro atoms. The molecule has 0 radical (unpaired) electrons. The number of amides is 1. The Kier molecular flexibility index (Phi) is 4.25. The first-order valence-corrected chi connectivity index (χ1v) is 5.42. The fraction of sp³-hybridized carbons (Fsp3) is 0.417. The lowest BCUT2D eigenvalue weighted by Crippen LogP contribution is -2.32. The van der Waals surface area contributed by atoms with Crippen molar-refractivity contribution in [2.24, 2.45) is 0 Å². The van der Waals surface area contributed by atoms with Gasteiger partial charge < -0.3 is 15.2 Å². The Morgan fingerprint density at radius 1 is 1.44 bits per heavy atom. The number of aromatic carboxylic acids is 1. The van der Waals surface area contributed by atoms with Crippen molar-refractivity contribution in [2.75, 3.05) is 0 Å². The van der Waals surface area contributed by atoms with E-state index in [1.54, 1.807) is 20.8 Å². The standard InChI is InChI=1S/C12H16N2O4/c1-12(2,3)18-11(17)14-7-8-6-13-5-4-9(8)10(15)16/h4-6H,7H2,1-3H3,(H,14,17)(H,15,16). The van der Waals surface area contributed by atoms with Gasteiger partial charge in [0.15, 0.2) is 0 Å². The SMILES string of the molecule is CC(C)(C)OC(=O)NCc1cnccc1C(=O)O. The van der Waals surface area contributed by atoms with Gasteiger partial charge in [0.2, 0.25) is 0 Å². The molecule has 1 amide bonds. The van der Waals surface area contributed by atoms with E-state index in [1.807, 2.05) is 0 Å². The number of rotatable bonds is 3. The van der Waals surface area contributed by atoms with Crippen LogP contribution in [0.4, 0.5) is 4.79 Å². The second-order valence-electron chi connectivity index (χ2n) is 4.69. The number of nitrogens with zero attached hydrogens (tertiary/aromatic N) is 1. The predicted molar refractivity (Wildman–Crippen MR) is 64.3 cm³/mol. The van der Waals surface area contributed by atoms with Crippen LogP contribution < -0.4 is 5.32 Å². The number of pyridine rings is 1. The Morgan fingerprint density at radius 2 is 2.11 bits per heavy atom. The summed E-state index contributed by atoms with van der Waals surface area (Å²) in [4.78, 5) is 26.2. The number of nitrogens with one attached hydrogen (secondary N) is 1. The number of hydrogen-bond acceptors (Lipinski definition) is 4. The molecule has 0 saturated heterocycles. The van der Waals surface area contributed by atoms with E-state index >= 15 is 0 Å². The second kappa shape index (κ2) is 5.48. The van der Waals surface area contributed by atoms with Crippen molar-refractivity contribution < 1.29 is 19.4 Å². The molecule has 0 unspecified atom stereocenters. The van der Waals surface area contributed by atoms with Crippen LogP contribution in [0.25, 0.3) is 0 Å². The van der Waals surface area contributed by atoms with Gasteiger partial charge in [-0.1, -0.05) is 0 Å². The third-order valence-corrected chi connectivity index (χ3v) is 1.96. The van der Waals surface area contributed by atoms with Crippen LogP contribution in [0, 0.1) is 0 Å². The highest BCUT2D eigenvalue weighted by Crippen LogP contribution is 2.09. The molecule has 0 bridgehead atoms. The molecular formula is C12H16N2O4. The number of carbonyl (C=O) groups excluding carboxylic acids is 1. The Labute approximate surface area is 105 Å². The zero-order chi connectivity index (χ0) is 13.8. The van der Waals surface area contributed by atoms with Crippen molar-refractivity contribution >= 4 is 12.1 Å². The molecule has 1 rings (SSSR count). The molecule has 1 heterocycles. The van der Waals surface area contributed by atoms with E-state index in [9.17, 15) is 9.59 Å². The van der Waals surface area contributed by atoms with Gasteiger partial charge >= 0.3 is 12.1 Å². The highest BCUT2D eigenvalue weighted by Gasteiger charge is 2.16. The maximum Gasteiger partial charge on any atom is 0.407 e. The van der Waals surface area contributed by atoms with Gasteiger partial charge in [0, 0.05) is 24.5 Å². The lowest BCUT2D eigenvalue weighted by atomic mass is 10.1. The van der Waals surface area contributed by atoms with Crippen LogP contribution in [0.5, 0.6) is 0 Å². The van der Waals surface area contributed by atoms with Crippen LogP contribution >= 0.6 is 0 Å². The maximum absolute atomic E-state index is 11.4. The largest absolute Gasteiger partial charge is 0.478 e. The first kappa shape index (κ1) is 14.0. The van der Waals surface area contributed by atoms with Gasteiger partial charge in [-0.15, -0.1) is 0 Å². The van der Waals surface area contributed by atoms with E-state index in [1.165, 1.54) is 18.5 Å². The van der Waals surface area contributed by atoms with Gasteiger partial charge in [-0.25, -0.2) is 9.59 Å². The number of alkyl carbamates (subject to hydrolysis) is 1. The fourth-order valence-electron chi connectivity index (χ4n) is 1.26. The van der Waals surface area contributed by atoms with E-state index in [0.717, 1.165) is 0 Å². The van der Waals surface area contributed by atoms with Gasteiger partial charge in [-0.2, -0.15) is 0 Å². The molecule has 0 aliphatic carbocycles. The van der Waals surface area contributed by atoms with E-state index in [4.69, 9.17) is 9.84 Å². The van der Waals surface area contributed by atoms with Crippen molar-refractivity contribution in [3.63, 3.8) is 0 Å². The molecule has 1 aromatic heterocycles. The number of ether oxygens (including phenoxy) is 1. The van der Waals surface area contributed by atoms with Crippen molar-refractivity contribution in [3.8, 4) is 0 Å². The normalized spacial score (nSPS) is 10.8. The van der Waals surface area contributed by atoms with E-state index in [0.29, 0.717) is 5.56 Å². The van der Waals surface area contributed by atoms with Crippen LogP contribution in [0.1, 0.15) is 36.7 Å².